The minimum absolute atomic E-state index is 0.556. The average molecular weight is 325 g/mol. The number of piperidine rings is 2. The van der Waals surface area contributed by atoms with Gasteiger partial charge in [0.2, 0.25) is 5.13 Å². The standard InChI is InChI=1S/C15H24N4S2/c1-2-10-19(9-1)13-16-17-14(21-13)20-12-15-5-3-7-18(11-15)8-4-6-15/h1-12H2. The molecule has 6 heteroatoms. The Morgan fingerprint density at radius 2 is 1.76 bits per heavy atom. The van der Waals surface area contributed by atoms with E-state index in [1.165, 1.54) is 68.3 Å². The molecule has 3 aliphatic rings. The zero-order valence-electron chi connectivity index (χ0n) is 12.6. The van der Waals surface area contributed by atoms with E-state index in [-0.39, 0.29) is 0 Å². The molecule has 0 aromatic carbocycles. The highest BCUT2D eigenvalue weighted by Crippen LogP contribution is 2.43. The highest BCUT2D eigenvalue weighted by atomic mass is 32.2. The third-order valence-corrected chi connectivity index (χ3v) is 7.66. The molecular formula is C15H24N4S2. The molecule has 4 rings (SSSR count). The molecular weight excluding hydrogens is 300 g/mol. The summed E-state index contributed by atoms with van der Waals surface area (Å²) in [5, 5.41) is 9.97. The first-order chi connectivity index (χ1) is 10.3. The fourth-order valence-electron chi connectivity index (χ4n) is 4.08. The molecule has 4 heterocycles. The fraction of sp³-hybridized carbons (Fsp3) is 0.867. The summed E-state index contributed by atoms with van der Waals surface area (Å²) in [5.74, 6) is 1.23. The van der Waals surface area contributed by atoms with Gasteiger partial charge in [-0.2, -0.15) is 0 Å². The second kappa shape index (κ2) is 6.05. The monoisotopic (exact) mass is 324 g/mol. The van der Waals surface area contributed by atoms with Crippen molar-refractivity contribution in [3.63, 3.8) is 0 Å². The van der Waals surface area contributed by atoms with E-state index in [1.54, 1.807) is 11.3 Å². The molecule has 0 N–H and O–H groups in total. The van der Waals surface area contributed by atoms with Crippen LogP contribution >= 0.6 is 23.1 Å². The Morgan fingerprint density at radius 1 is 1.00 bits per heavy atom. The van der Waals surface area contributed by atoms with Crippen LogP contribution in [0.3, 0.4) is 0 Å². The SMILES string of the molecule is C1CCN(c2nnc(SCC34CCCN(CCC3)C4)s2)C1. The Morgan fingerprint density at radius 3 is 2.52 bits per heavy atom. The predicted octanol–water partition coefficient (Wildman–Crippen LogP) is 3.11. The Bertz CT molecular complexity index is 474. The third-order valence-electron chi connectivity index (χ3n) is 5.20. The van der Waals surface area contributed by atoms with Crippen LogP contribution in [0.4, 0.5) is 5.13 Å². The first-order valence-corrected chi connectivity index (χ1v) is 10.1. The van der Waals surface area contributed by atoms with Crippen molar-refractivity contribution in [2.24, 2.45) is 5.41 Å². The van der Waals surface area contributed by atoms with Gasteiger partial charge in [-0.25, -0.2) is 0 Å². The molecule has 0 unspecified atom stereocenters. The van der Waals surface area contributed by atoms with Gasteiger partial charge in [0.1, 0.15) is 0 Å². The third kappa shape index (κ3) is 3.08. The lowest BCUT2D eigenvalue weighted by Gasteiger charge is -2.47. The maximum atomic E-state index is 4.42. The first-order valence-electron chi connectivity index (χ1n) is 8.27. The average Bonchev–Trinajstić information content (AvgIpc) is 3.17. The molecule has 21 heavy (non-hydrogen) atoms. The van der Waals surface area contributed by atoms with Crippen LogP contribution in [0.5, 0.6) is 0 Å². The topological polar surface area (TPSA) is 32.3 Å². The van der Waals surface area contributed by atoms with E-state index in [1.807, 2.05) is 11.8 Å². The lowest BCUT2D eigenvalue weighted by atomic mass is 9.75. The van der Waals surface area contributed by atoms with Crippen molar-refractivity contribution in [1.82, 2.24) is 15.1 Å². The zero-order valence-corrected chi connectivity index (χ0v) is 14.2. The van der Waals surface area contributed by atoms with Crippen LogP contribution in [-0.4, -0.2) is 53.6 Å². The molecule has 3 saturated heterocycles. The van der Waals surface area contributed by atoms with Crippen LogP contribution in [-0.2, 0) is 0 Å². The number of aromatic nitrogens is 2. The van der Waals surface area contributed by atoms with Crippen LogP contribution < -0.4 is 4.90 Å². The van der Waals surface area contributed by atoms with Gasteiger partial charge >= 0.3 is 0 Å². The number of hydrogen-bond donors (Lipinski definition) is 0. The van der Waals surface area contributed by atoms with Crippen LogP contribution in [0, 0.1) is 5.41 Å². The molecule has 0 radical (unpaired) electrons. The largest absolute Gasteiger partial charge is 0.347 e. The van der Waals surface area contributed by atoms with Crippen LogP contribution in [0.25, 0.3) is 0 Å². The highest BCUT2D eigenvalue weighted by molar-refractivity contribution is 8.01. The summed E-state index contributed by atoms with van der Waals surface area (Å²) in [5.41, 5.74) is 0.556. The van der Waals surface area contributed by atoms with E-state index in [2.05, 4.69) is 20.0 Å². The van der Waals surface area contributed by atoms with Gasteiger partial charge in [-0.15, -0.1) is 10.2 Å². The smallest absolute Gasteiger partial charge is 0.209 e. The Balaban J connectivity index is 1.37. The van der Waals surface area contributed by atoms with Gasteiger partial charge in [0.05, 0.1) is 0 Å². The van der Waals surface area contributed by atoms with Crippen molar-refractivity contribution in [3.05, 3.63) is 0 Å². The van der Waals surface area contributed by atoms with E-state index >= 15 is 0 Å². The fourth-order valence-corrected chi connectivity index (χ4v) is 6.26. The molecule has 0 atom stereocenters. The maximum Gasteiger partial charge on any atom is 0.209 e. The van der Waals surface area contributed by atoms with Crippen molar-refractivity contribution in [2.45, 2.75) is 42.9 Å². The summed E-state index contributed by atoms with van der Waals surface area (Å²) in [7, 11) is 0. The lowest BCUT2D eigenvalue weighted by molar-refractivity contribution is 0.0561. The molecule has 116 valence electrons. The Kier molecular flexibility index (Phi) is 4.11. The Labute approximate surface area is 135 Å². The number of rotatable bonds is 4. The van der Waals surface area contributed by atoms with Gasteiger partial charge in [-0.05, 0) is 57.0 Å². The van der Waals surface area contributed by atoms with Crippen molar-refractivity contribution >= 4 is 28.2 Å². The number of nitrogens with zero attached hydrogens (tertiary/aromatic N) is 4. The second-order valence-corrected chi connectivity index (χ2v) is 9.00. The molecule has 3 aliphatic heterocycles. The van der Waals surface area contributed by atoms with Gasteiger partial charge in [0.25, 0.3) is 0 Å². The quantitative estimate of drug-likeness (QED) is 0.795. The van der Waals surface area contributed by atoms with Gasteiger partial charge in [0.15, 0.2) is 4.34 Å². The van der Waals surface area contributed by atoms with Crippen LogP contribution in [0.2, 0.25) is 0 Å². The van der Waals surface area contributed by atoms with E-state index < -0.39 is 0 Å². The molecule has 0 saturated carbocycles. The van der Waals surface area contributed by atoms with E-state index in [0.29, 0.717) is 5.41 Å². The Hall–Kier alpha value is -0.330. The highest BCUT2D eigenvalue weighted by Gasteiger charge is 2.38. The molecule has 0 aliphatic carbocycles. The van der Waals surface area contributed by atoms with Gasteiger partial charge in [-0.1, -0.05) is 23.1 Å². The number of hydrogen-bond acceptors (Lipinski definition) is 6. The van der Waals surface area contributed by atoms with Crippen LogP contribution in [0.1, 0.15) is 38.5 Å². The predicted molar refractivity (Wildman–Crippen MR) is 89.4 cm³/mol. The van der Waals surface area contributed by atoms with Crippen molar-refractivity contribution in [2.75, 3.05) is 43.4 Å². The molecule has 0 amide bonds. The molecule has 3 fully saturated rings. The minimum atomic E-state index is 0.556. The minimum Gasteiger partial charge on any atom is -0.347 e. The number of thioether (sulfide) groups is 1. The summed E-state index contributed by atoms with van der Waals surface area (Å²) >= 11 is 3.76. The molecule has 2 bridgehead atoms. The van der Waals surface area contributed by atoms with E-state index in [0.717, 1.165) is 18.2 Å². The summed E-state index contributed by atoms with van der Waals surface area (Å²) in [6.07, 6.45) is 8.20. The normalized spacial score (nSPS) is 32.6. The second-order valence-electron chi connectivity index (χ2n) is 6.82. The molecule has 0 spiro atoms. The molecule has 1 aromatic rings. The summed E-state index contributed by atoms with van der Waals surface area (Å²) in [6.45, 7) is 6.29. The van der Waals surface area contributed by atoms with Crippen molar-refractivity contribution in [3.8, 4) is 0 Å². The lowest BCUT2D eigenvalue weighted by Crippen LogP contribution is -2.48. The summed E-state index contributed by atoms with van der Waals surface area (Å²) in [6, 6.07) is 0. The number of anilines is 1. The summed E-state index contributed by atoms with van der Waals surface area (Å²) < 4.78 is 1.17. The van der Waals surface area contributed by atoms with Gasteiger partial charge < -0.3 is 9.80 Å². The van der Waals surface area contributed by atoms with Crippen molar-refractivity contribution < 1.29 is 0 Å². The molecule has 4 nitrogen and oxygen atoms in total. The van der Waals surface area contributed by atoms with E-state index in [9.17, 15) is 0 Å². The maximum absolute atomic E-state index is 4.42. The van der Waals surface area contributed by atoms with Crippen LogP contribution in [0.15, 0.2) is 4.34 Å². The first kappa shape index (κ1) is 14.3. The summed E-state index contributed by atoms with van der Waals surface area (Å²) in [4.78, 5) is 5.06. The van der Waals surface area contributed by atoms with Crippen molar-refractivity contribution in [1.29, 1.82) is 0 Å². The zero-order chi connectivity index (χ0) is 14.1. The van der Waals surface area contributed by atoms with Gasteiger partial charge in [-0.3, -0.25) is 0 Å². The van der Waals surface area contributed by atoms with E-state index in [4.69, 9.17) is 0 Å². The number of fused-ring (bicyclic) bond motifs is 2. The molecule has 1 aromatic heterocycles. The van der Waals surface area contributed by atoms with Gasteiger partial charge in [0, 0.05) is 25.4 Å².